The molecule has 0 unspecified atom stereocenters. The summed E-state index contributed by atoms with van der Waals surface area (Å²) in [7, 11) is 3.26. The van der Waals surface area contributed by atoms with Crippen molar-refractivity contribution in [1.29, 1.82) is 0 Å². The normalized spacial score (nSPS) is 16.3. The zero-order valence-electron chi connectivity index (χ0n) is 11.4. The lowest BCUT2D eigenvalue weighted by molar-refractivity contribution is 0.0936. The Hall–Kier alpha value is -1.40. The maximum Gasteiger partial charge on any atom is 0.273 e. The first kappa shape index (κ1) is 14.0. The minimum Gasteiger partial charge on any atom is -0.446 e. The number of hydrogen-bond donors (Lipinski definition) is 1. The summed E-state index contributed by atoms with van der Waals surface area (Å²) in [5.74, 6) is 0.199. The molecule has 1 aliphatic carbocycles. The highest BCUT2D eigenvalue weighted by Crippen LogP contribution is 2.48. The minimum absolute atomic E-state index is 0.209. The van der Waals surface area contributed by atoms with Crippen LogP contribution in [0.15, 0.2) is 10.7 Å². The molecule has 1 aromatic heterocycles. The van der Waals surface area contributed by atoms with Crippen molar-refractivity contribution >= 4 is 5.91 Å². The molecule has 1 heterocycles. The molecule has 0 aliphatic heterocycles. The fourth-order valence-electron chi connectivity index (χ4n) is 2.09. The molecule has 0 saturated heterocycles. The molecule has 1 N–H and O–H groups in total. The van der Waals surface area contributed by atoms with E-state index in [1.807, 2.05) is 0 Å². The average molecular weight is 268 g/mol. The van der Waals surface area contributed by atoms with E-state index in [-0.39, 0.29) is 17.9 Å². The van der Waals surface area contributed by atoms with Crippen molar-refractivity contribution in [2.24, 2.45) is 5.41 Å². The van der Waals surface area contributed by atoms with Gasteiger partial charge in [0.1, 0.15) is 12.9 Å². The number of nitrogens with zero attached hydrogens (tertiary/aromatic N) is 1. The number of nitrogens with one attached hydrogen (secondary N) is 1. The van der Waals surface area contributed by atoms with Crippen molar-refractivity contribution in [3.8, 4) is 0 Å². The van der Waals surface area contributed by atoms with Crippen molar-refractivity contribution in [3.05, 3.63) is 17.8 Å². The largest absolute Gasteiger partial charge is 0.446 e. The summed E-state index contributed by atoms with van der Waals surface area (Å²) in [5.41, 5.74) is 0.580. The Morgan fingerprint density at radius 3 is 2.89 bits per heavy atom. The van der Waals surface area contributed by atoms with E-state index in [1.54, 1.807) is 14.2 Å². The van der Waals surface area contributed by atoms with Gasteiger partial charge in [-0.15, -0.1) is 0 Å². The summed E-state index contributed by atoms with van der Waals surface area (Å²) < 4.78 is 15.2. The summed E-state index contributed by atoms with van der Waals surface area (Å²) in [5, 5.41) is 2.85. The molecule has 1 aromatic rings. The van der Waals surface area contributed by atoms with Crippen molar-refractivity contribution in [2.45, 2.75) is 25.9 Å². The van der Waals surface area contributed by atoms with Gasteiger partial charge in [-0.1, -0.05) is 0 Å². The molecule has 0 atom stereocenters. The smallest absolute Gasteiger partial charge is 0.273 e. The predicted octanol–water partition coefficient (Wildman–Crippen LogP) is 1.37. The molecule has 0 bridgehead atoms. The number of ether oxygens (including phenoxy) is 2. The number of hydrogen-bond acceptors (Lipinski definition) is 5. The molecule has 6 heteroatoms. The number of aromatic nitrogens is 1. The van der Waals surface area contributed by atoms with Gasteiger partial charge in [-0.2, -0.15) is 0 Å². The molecule has 106 valence electrons. The maximum atomic E-state index is 11.8. The second-order valence-electron chi connectivity index (χ2n) is 5.00. The first-order valence-electron chi connectivity index (χ1n) is 6.40. The van der Waals surface area contributed by atoms with Crippen LogP contribution in [0.3, 0.4) is 0 Å². The highest BCUT2D eigenvalue weighted by Gasteiger charge is 2.41. The van der Waals surface area contributed by atoms with E-state index in [2.05, 4.69) is 10.3 Å². The van der Waals surface area contributed by atoms with Crippen LogP contribution in [-0.2, 0) is 16.1 Å². The van der Waals surface area contributed by atoms with Gasteiger partial charge in [0.25, 0.3) is 5.91 Å². The molecule has 0 spiro atoms. The SMILES string of the molecule is COCc1nc(C(=O)NCCC2(COC)CC2)co1. The Kier molecular flexibility index (Phi) is 4.55. The number of amides is 1. The summed E-state index contributed by atoms with van der Waals surface area (Å²) in [6.07, 6.45) is 4.65. The van der Waals surface area contributed by atoms with Gasteiger partial charge in [0.2, 0.25) is 5.89 Å². The van der Waals surface area contributed by atoms with Crippen LogP contribution in [0.2, 0.25) is 0 Å². The predicted molar refractivity (Wildman–Crippen MR) is 67.7 cm³/mol. The highest BCUT2D eigenvalue weighted by atomic mass is 16.5. The zero-order chi connectivity index (χ0) is 13.7. The van der Waals surface area contributed by atoms with Gasteiger partial charge in [-0.25, -0.2) is 4.98 Å². The van der Waals surface area contributed by atoms with E-state index in [1.165, 1.54) is 19.1 Å². The van der Waals surface area contributed by atoms with Gasteiger partial charge in [0.15, 0.2) is 5.69 Å². The van der Waals surface area contributed by atoms with Crippen LogP contribution >= 0.6 is 0 Å². The first-order valence-corrected chi connectivity index (χ1v) is 6.40. The van der Waals surface area contributed by atoms with Gasteiger partial charge in [0.05, 0.1) is 6.61 Å². The van der Waals surface area contributed by atoms with Crippen LogP contribution in [0.5, 0.6) is 0 Å². The number of oxazole rings is 1. The van der Waals surface area contributed by atoms with E-state index in [9.17, 15) is 4.79 Å². The molecule has 2 rings (SSSR count). The highest BCUT2D eigenvalue weighted by molar-refractivity contribution is 5.91. The van der Waals surface area contributed by atoms with E-state index in [0.717, 1.165) is 13.0 Å². The average Bonchev–Trinajstić information content (AvgIpc) is 2.98. The minimum atomic E-state index is -0.209. The lowest BCUT2D eigenvalue weighted by Crippen LogP contribution is -2.27. The zero-order valence-corrected chi connectivity index (χ0v) is 11.4. The van der Waals surface area contributed by atoms with Gasteiger partial charge in [-0.3, -0.25) is 4.79 Å². The summed E-state index contributed by atoms with van der Waals surface area (Å²) >= 11 is 0. The fraction of sp³-hybridized carbons (Fsp3) is 0.692. The third kappa shape index (κ3) is 3.78. The fourth-order valence-corrected chi connectivity index (χ4v) is 2.09. The number of methoxy groups -OCH3 is 2. The topological polar surface area (TPSA) is 73.6 Å². The van der Waals surface area contributed by atoms with Crippen LogP contribution < -0.4 is 5.32 Å². The molecule has 1 aliphatic rings. The Morgan fingerprint density at radius 2 is 2.26 bits per heavy atom. The number of rotatable bonds is 8. The Balaban J connectivity index is 1.74. The quantitative estimate of drug-likeness (QED) is 0.770. The van der Waals surface area contributed by atoms with Crippen molar-refractivity contribution in [1.82, 2.24) is 10.3 Å². The summed E-state index contributed by atoms with van der Waals surface area (Å²) in [6.45, 7) is 1.67. The van der Waals surface area contributed by atoms with Crippen LogP contribution in [0.25, 0.3) is 0 Å². The lowest BCUT2D eigenvalue weighted by atomic mass is 10.0. The molecule has 6 nitrogen and oxygen atoms in total. The van der Waals surface area contributed by atoms with Gasteiger partial charge < -0.3 is 19.2 Å². The molecular formula is C13H20N2O4. The lowest BCUT2D eigenvalue weighted by Gasteiger charge is -2.13. The van der Waals surface area contributed by atoms with Crippen LogP contribution in [0.4, 0.5) is 0 Å². The molecule has 0 aromatic carbocycles. The van der Waals surface area contributed by atoms with Crippen LogP contribution in [-0.4, -0.2) is 38.3 Å². The second-order valence-corrected chi connectivity index (χ2v) is 5.00. The van der Waals surface area contributed by atoms with Gasteiger partial charge in [0, 0.05) is 20.8 Å². The third-order valence-corrected chi connectivity index (χ3v) is 3.40. The standard InChI is InChI=1S/C13H20N2O4/c1-17-8-11-15-10(7-19-11)12(16)14-6-5-13(3-4-13)9-18-2/h7H,3-6,8-9H2,1-2H3,(H,14,16). The van der Waals surface area contributed by atoms with Gasteiger partial charge >= 0.3 is 0 Å². The molecule has 0 radical (unpaired) electrons. The Morgan fingerprint density at radius 1 is 1.47 bits per heavy atom. The summed E-state index contributed by atoms with van der Waals surface area (Å²) in [4.78, 5) is 15.9. The molecule has 1 saturated carbocycles. The molecule has 1 amide bonds. The van der Waals surface area contributed by atoms with Crippen LogP contribution in [0, 0.1) is 5.41 Å². The van der Waals surface area contributed by atoms with E-state index in [0.29, 0.717) is 18.1 Å². The molecule has 1 fully saturated rings. The van der Waals surface area contributed by atoms with Crippen molar-refractivity contribution < 1.29 is 18.7 Å². The van der Waals surface area contributed by atoms with Crippen molar-refractivity contribution in [2.75, 3.05) is 27.4 Å². The van der Waals surface area contributed by atoms with Crippen molar-refractivity contribution in [3.63, 3.8) is 0 Å². The first-order chi connectivity index (χ1) is 9.19. The summed E-state index contributed by atoms with van der Waals surface area (Å²) in [6, 6.07) is 0. The number of carbonyl (C=O) groups excluding carboxylic acids is 1. The second kappa shape index (κ2) is 6.16. The van der Waals surface area contributed by atoms with E-state index in [4.69, 9.17) is 13.9 Å². The van der Waals surface area contributed by atoms with Crippen LogP contribution in [0.1, 0.15) is 35.6 Å². The van der Waals surface area contributed by atoms with E-state index < -0.39 is 0 Å². The third-order valence-electron chi connectivity index (χ3n) is 3.40. The number of carbonyl (C=O) groups is 1. The Labute approximate surface area is 112 Å². The molecule has 19 heavy (non-hydrogen) atoms. The Bertz CT molecular complexity index is 426. The monoisotopic (exact) mass is 268 g/mol. The van der Waals surface area contributed by atoms with Gasteiger partial charge in [-0.05, 0) is 24.7 Å². The molecular weight excluding hydrogens is 248 g/mol. The maximum absolute atomic E-state index is 11.8. The van der Waals surface area contributed by atoms with E-state index >= 15 is 0 Å².